The molecule has 1 heterocycles. The van der Waals surface area contributed by atoms with Crippen molar-refractivity contribution in [3.8, 4) is 12.3 Å². The van der Waals surface area contributed by atoms with Gasteiger partial charge in [0.2, 0.25) is 0 Å². The van der Waals surface area contributed by atoms with Crippen LogP contribution < -0.4 is 11.2 Å². The predicted molar refractivity (Wildman–Crippen MR) is 45.0 cm³/mol. The van der Waals surface area contributed by atoms with Gasteiger partial charge >= 0.3 is 5.69 Å². The van der Waals surface area contributed by atoms with Crippen LogP contribution in [0, 0.1) is 12.3 Å². The van der Waals surface area contributed by atoms with Crippen molar-refractivity contribution >= 4 is 11.8 Å². The van der Waals surface area contributed by atoms with Crippen LogP contribution in [-0.2, 0) is 0 Å². The van der Waals surface area contributed by atoms with E-state index in [2.05, 4.69) is 16.1 Å². The van der Waals surface area contributed by atoms with Gasteiger partial charge in [-0.15, -0.1) is 6.42 Å². The van der Waals surface area contributed by atoms with E-state index in [0.717, 1.165) is 11.8 Å². The van der Waals surface area contributed by atoms with Crippen molar-refractivity contribution in [3.05, 3.63) is 20.8 Å². The Balaban J connectivity index is 2.96. The molecule has 6 heteroatoms. The number of thioether (sulfide) groups is 1. The van der Waals surface area contributed by atoms with E-state index in [1.54, 1.807) is 0 Å². The van der Waals surface area contributed by atoms with E-state index >= 15 is 0 Å². The molecule has 1 aromatic rings. The van der Waals surface area contributed by atoms with Crippen LogP contribution in [0.4, 0.5) is 0 Å². The molecule has 0 saturated heterocycles. The zero-order valence-electron chi connectivity index (χ0n) is 5.96. The lowest BCUT2D eigenvalue weighted by atomic mass is 10.8. The molecule has 62 valence electrons. The standard InChI is InChI=1S/C6H5N3O2S/c1-2-3-12-5-4(10)7-6(11)9-8-5/h1H,3H2,(H2,7,9,10,11). The molecule has 0 aliphatic rings. The van der Waals surface area contributed by atoms with Crippen LogP contribution in [0.5, 0.6) is 0 Å². The van der Waals surface area contributed by atoms with E-state index in [0.29, 0.717) is 5.75 Å². The first-order valence-corrected chi connectivity index (χ1v) is 3.98. The largest absolute Gasteiger partial charge is 0.342 e. The summed E-state index contributed by atoms with van der Waals surface area (Å²) in [6, 6.07) is 0. The molecule has 12 heavy (non-hydrogen) atoms. The van der Waals surface area contributed by atoms with Crippen molar-refractivity contribution in [1.82, 2.24) is 15.2 Å². The van der Waals surface area contributed by atoms with Gasteiger partial charge in [0, 0.05) is 0 Å². The van der Waals surface area contributed by atoms with E-state index in [9.17, 15) is 9.59 Å². The quantitative estimate of drug-likeness (QED) is 0.464. The van der Waals surface area contributed by atoms with Gasteiger partial charge in [0.25, 0.3) is 5.56 Å². The van der Waals surface area contributed by atoms with Gasteiger partial charge in [-0.3, -0.25) is 9.78 Å². The second-order valence-corrected chi connectivity index (χ2v) is 2.77. The number of terminal acetylenes is 1. The van der Waals surface area contributed by atoms with Gasteiger partial charge in [0.05, 0.1) is 5.75 Å². The lowest BCUT2D eigenvalue weighted by Crippen LogP contribution is -2.25. The first kappa shape index (κ1) is 8.62. The van der Waals surface area contributed by atoms with Gasteiger partial charge in [-0.25, -0.2) is 9.89 Å². The Labute approximate surface area is 71.6 Å². The molecule has 0 aromatic carbocycles. The van der Waals surface area contributed by atoms with Crippen LogP contribution in [0.15, 0.2) is 14.6 Å². The number of aromatic nitrogens is 3. The van der Waals surface area contributed by atoms with Crippen molar-refractivity contribution in [1.29, 1.82) is 0 Å². The summed E-state index contributed by atoms with van der Waals surface area (Å²) in [4.78, 5) is 23.4. The zero-order chi connectivity index (χ0) is 8.97. The van der Waals surface area contributed by atoms with Crippen molar-refractivity contribution in [2.24, 2.45) is 0 Å². The van der Waals surface area contributed by atoms with Crippen molar-refractivity contribution in [2.45, 2.75) is 5.03 Å². The summed E-state index contributed by atoms with van der Waals surface area (Å²) in [7, 11) is 0. The summed E-state index contributed by atoms with van der Waals surface area (Å²) < 4.78 is 0. The van der Waals surface area contributed by atoms with Gasteiger partial charge in [-0.05, 0) is 0 Å². The first-order valence-electron chi connectivity index (χ1n) is 2.99. The zero-order valence-corrected chi connectivity index (χ0v) is 6.77. The minimum atomic E-state index is -0.620. The number of rotatable bonds is 2. The third-order valence-electron chi connectivity index (χ3n) is 0.973. The van der Waals surface area contributed by atoms with Crippen LogP contribution in [0.1, 0.15) is 0 Å². The van der Waals surface area contributed by atoms with Gasteiger partial charge in [0.1, 0.15) is 0 Å². The van der Waals surface area contributed by atoms with Gasteiger partial charge in [-0.2, -0.15) is 5.10 Å². The van der Waals surface area contributed by atoms with Crippen LogP contribution >= 0.6 is 11.8 Å². The van der Waals surface area contributed by atoms with Crippen LogP contribution in [-0.4, -0.2) is 20.9 Å². The average Bonchev–Trinajstić information content (AvgIpc) is 2.03. The Morgan fingerprint density at radius 3 is 2.92 bits per heavy atom. The summed E-state index contributed by atoms with van der Waals surface area (Å²) in [6.45, 7) is 0. The maximum atomic E-state index is 10.9. The van der Waals surface area contributed by atoms with Gasteiger partial charge in [-0.1, -0.05) is 17.7 Å². The molecule has 0 amide bonds. The summed E-state index contributed by atoms with van der Waals surface area (Å²) in [5.74, 6) is 2.69. The number of nitrogens with zero attached hydrogens (tertiary/aromatic N) is 1. The SMILES string of the molecule is C#CCSc1n[nH]c(=O)[nH]c1=O. The molecule has 0 saturated carbocycles. The number of aromatic amines is 2. The summed E-state index contributed by atoms with van der Waals surface area (Å²) >= 11 is 1.09. The summed E-state index contributed by atoms with van der Waals surface area (Å²) in [5, 5.41) is 5.77. The fraction of sp³-hybridized carbons (Fsp3) is 0.167. The van der Waals surface area contributed by atoms with Gasteiger partial charge in [0.15, 0.2) is 5.03 Å². The van der Waals surface area contributed by atoms with Crippen molar-refractivity contribution < 1.29 is 0 Å². The number of H-pyrrole nitrogens is 2. The Morgan fingerprint density at radius 1 is 1.58 bits per heavy atom. The molecule has 0 bridgehead atoms. The summed E-state index contributed by atoms with van der Waals surface area (Å²) in [6.07, 6.45) is 4.97. The average molecular weight is 183 g/mol. The van der Waals surface area contributed by atoms with E-state index in [4.69, 9.17) is 6.42 Å². The molecule has 0 radical (unpaired) electrons. The molecule has 0 unspecified atom stereocenters. The molecule has 5 nitrogen and oxygen atoms in total. The van der Waals surface area contributed by atoms with Crippen molar-refractivity contribution in [2.75, 3.05) is 5.75 Å². The molecule has 0 aliphatic heterocycles. The molecule has 0 aliphatic carbocycles. The van der Waals surface area contributed by atoms with E-state index in [1.807, 2.05) is 4.98 Å². The van der Waals surface area contributed by atoms with E-state index < -0.39 is 11.2 Å². The topological polar surface area (TPSA) is 78.6 Å². The molecule has 0 spiro atoms. The fourth-order valence-electron chi connectivity index (χ4n) is 0.545. The maximum Gasteiger partial charge on any atom is 0.342 e. The molecule has 1 rings (SSSR count). The lowest BCUT2D eigenvalue weighted by Gasteiger charge is -1.91. The second kappa shape index (κ2) is 3.78. The van der Waals surface area contributed by atoms with Crippen LogP contribution in [0.3, 0.4) is 0 Å². The highest BCUT2D eigenvalue weighted by Gasteiger charge is 2.00. The molecular weight excluding hydrogens is 178 g/mol. The van der Waals surface area contributed by atoms with Crippen LogP contribution in [0.25, 0.3) is 0 Å². The highest BCUT2D eigenvalue weighted by Crippen LogP contribution is 2.05. The Hall–Kier alpha value is -1.48. The Bertz CT molecular complexity index is 414. The third kappa shape index (κ3) is 2.00. The minimum Gasteiger partial charge on any atom is -0.271 e. The third-order valence-corrected chi connectivity index (χ3v) is 1.83. The summed E-state index contributed by atoms with van der Waals surface area (Å²) in [5.41, 5.74) is -1.14. The number of hydrogen-bond acceptors (Lipinski definition) is 4. The Morgan fingerprint density at radius 2 is 2.33 bits per heavy atom. The lowest BCUT2D eigenvalue weighted by molar-refractivity contribution is 0.807. The normalized spacial score (nSPS) is 9.25. The smallest absolute Gasteiger partial charge is 0.271 e. The van der Waals surface area contributed by atoms with E-state index in [-0.39, 0.29) is 5.03 Å². The highest BCUT2D eigenvalue weighted by molar-refractivity contribution is 7.99. The molecule has 0 fully saturated rings. The predicted octanol–water partition coefficient (Wildman–Crippen LogP) is -0.817. The maximum absolute atomic E-state index is 10.9. The molecule has 1 aromatic heterocycles. The number of hydrogen-bond donors (Lipinski definition) is 2. The van der Waals surface area contributed by atoms with E-state index in [1.165, 1.54) is 0 Å². The second-order valence-electron chi connectivity index (χ2n) is 1.80. The molecular formula is C6H5N3O2S. The van der Waals surface area contributed by atoms with Crippen LogP contribution in [0.2, 0.25) is 0 Å². The first-order chi connectivity index (χ1) is 5.74. The van der Waals surface area contributed by atoms with Gasteiger partial charge < -0.3 is 0 Å². The molecule has 0 atom stereocenters. The fourth-order valence-corrected chi connectivity index (χ4v) is 1.06. The highest BCUT2D eigenvalue weighted by atomic mass is 32.2. The molecule has 2 N–H and O–H groups in total. The number of nitrogens with one attached hydrogen (secondary N) is 2. The minimum absolute atomic E-state index is 0.174. The van der Waals surface area contributed by atoms with Crippen molar-refractivity contribution in [3.63, 3.8) is 0 Å². The Kier molecular flexibility index (Phi) is 2.71. The monoisotopic (exact) mass is 183 g/mol.